The standard InChI is InChI=1S/C20H24N4O2/c1-16-6-8-18(9-7-16)15-22-10-12-23(13-11-22)21-17(2)19-4-3-5-20(14-19)24(25)26/h3-9,14H,10-13,15H2,1-2H3. The molecule has 136 valence electrons. The average Bonchev–Trinajstić information content (AvgIpc) is 2.65. The molecule has 0 bridgehead atoms. The van der Waals surface area contributed by atoms with Crippen LogP contribution in [-0.2, 0) is 6.54 Å². The molecule has 3 rings (SSSR count). The smallest absolute Gasteiger partial charge is 0.270 e. The van der Waals surface area contributed by atoms with E-state index in [9.17, 15) is 10.1 Å². The number of non-ortho nitro benzene ring substituents is 1. The van der Waals surface area contributed by atoms with Gasteiger partial charge in [-0.3, -0.25) is 20.0 Å². The summed E-state index contributed by atoms with van der Waals surface area (Å²) in [4.78, 5) is 13.0. The fraction of sp³-hybridized carbons (Fsp3) is 0.350. The Labute approximate surface area is 153 Å². The lowest BCUT2D eigenvalue weighted by molar-refractivity contribution is -0.384. The number of hydrogen-bond acceptors (Lipinski definition) is 5. The van der Waals surface area contributed by atoms with Gasteiger partial charge in [-0.1, -0.05) is 42.0 Å². The van der Waals surface area contributed by atoms with Crippen LogP contribution in [0.5, 0.6) is 0 Å². The Balaban J connectivity index is 1.57. The molecule has 6 nitrogen and oxygen atoms in total. The van der Waals surface area contributed by atoms with E-state index >= 15 is 0 Å². The minimum absolute atomic E-state index is 0.0972. The summed E-state index contributed by atoms with van der Waals surface area (Å²) in [6.45, 7) is 8.60. The monoisotopic (exact) mass is 352 g/mol. The SMILES string of the molecule is CC(=NN1CCN(Cc2ccc(C)cc2)CC1)c1cccc([N+](=O)[O-])c1. The van der Waals surface area contributed by atoms with Gasteiger partial charge in [-0.25, -0.2) is 0 Å². The van der Waals surface area contributed by atoms with E-state index < -0.39 is 0 Å². The summed E-state index contributed by atoms with van der Waals surface area (Å²) >= 11 is 0. The Morgan fingerprint density at radius 2 is 1.81 bits per heavy atom. The number of rotatable bonds is 5. The molecule has 0 aliphatic carbocycles. The van der Waals surface area contributed by atoms with E-state index in [1.165, 1.54) is 17.2 Å². The predicted octanol–water partition coefficient (Wildman–Crippen LogP) is 3.45. The summed E-state index contributed by atoms with van der Waals surface area (Å²) in [7, 11) is 0. The van der Waals surface area contributed by atoms with Gasteiger partial charge < -0.3 is 0 Å². The fourth-order valence-electron chi connectivity index (χ4n) is 3.06. The van der Waals surface area contributed by atoms with Crippen LogP contribution in [0.3, 0.4) is 0 Å². The average molecular weight is 352 g/mol. The lowest BCUT2D eigenvalue weighted by Crippen LogP contribution is -2.43. The summed E-state index contributed by atoms with van der Waals surface area (Å²) in [5.41, 5.74) is 4.31. The Kier molecular flexibility index (Phi) is 5.63. The second kappa shape index (κ2) is 8.10. The molecule has 2 aromatic rings. The Morgan fingerprint density at radius 3 is 2.46 bits per heavy atom. The molecule has 1 heterocycles. The largest absolute Gasteiger partial charge is 0.295 e. The molecule has 1 aliphatic rings. The molecule has 0 atom stereocenters. The van der Waals surface area contributed by atoms with Gasteiger partial charge in [0.05, 0.1) is 10.6 Å². The normalized spacial score (nSPS) is 15.9. The number of nitrogens with zero attached hydrogens (tertiary/aromatic N) is 4. The van der Waals surface area contributed by atoms with Crippen LogP contribution < -0.4 is 0 Å². The minimum atomic E-state index is -0.374. The quantitative estimate of drug-likeness (QED) is 0.470. The highest BCUT2D eigenvalue weighted by atomic mass is 16.6. The van der Waals surface area contributed by atoms with E-state index in [0.717, 1.165) is 44.0 Å². The Hall–Kier alpha value is -2.73. The number of nitro benzene ring substituents is 1. The topological polar surface area (TPSA) is 62.0 Å². The zero-order valence-corrected chi connectivity index (χ0v) is 15.3. The zero-order valence-electron chi connectivity index (χ0n) is 15.3. The van der Waals surface area contributed by atoms with Crippen LogP contribution >= 0.6 is 0 Å². The molecule has 1 fully saturated rings. The van der Waals surface area contributed by atoms with Crippen LogP contribution in [0.1, 0.15) is 23.6 Å². The molecule has 26 heavy (non-hydrogen) atoms. The molecule has 1 aliphatic heterocycles. The summed E-state index contributed by atoms with van der Waals surface area (Å²) in [5, 5.41) is 17.6. The van der Waals surface area contributed by atoms with Gasteiger partial charge in [0.15, 0.2) is 0 Å². The van der Waals surface area contributed by atoms with E-state index in [1.54, 1.807) is 12.1 Å². The van der Waals surface area contributed by atoms with Crippen LogP contribution in [0.4, 0.5) is 5.69 Å². The highest BCUT2D eigenvalue weighted by Crippen LogP contribution is 2.15. The zero-order chi connectivity index (χ0) is 18.5. The van der Waals surface area contributed by atoms with Gasteiger partial charge in [-0.2, -0.15) is 5.10 Å². The number of hydrogen-bond donors (Lipinski definition) is 0. The molecule has 0 aromatic heterocycles. The Bertz CT molecular complexity index is 794. The van der Waals surface area contributed by atoms with Crippen molar-refractivity contribution in [2.45, 2.75) is 20.4 Å². The molecular weight excluding hydrogens is 328 g/mol. The first-order valence-corrected chi connectivity index (χ1v) is 8.84. The summed E-state index contributed by atoms with van der Waals surface area (Å²) in [6, 6.07) is 15.3. The third-order valence-electron chi connectivity index (χ3n) is 4.64. The highest BCUT2D eigenvalue weighted by Gasteiger charge is 2.16. The molecule has 0 amide bonds. The number of hydrazone groups is 1. The third-order valence-corrected chi connectivity index (χ3v) is 4.64. The third kappa shape index (κ3) is 4.67. The molecular formula is C20H24N4O2. The Morgan fingerprint density at radius 1 is 1.12 bits per heavy atom. The predicted molar refractivity (Wildman–Crippen MR) is 103 cm³/mol. The van der Waals surface area contributed by atoms with Crippen molar-refractivity contribution < 1.29 is 4.92 Å². The number of aryl methyl sites for hydroxylation is 1. The van der Waals surface area contributed by atoms with Crippen molar-refractivity contribution in [3.8, 4) is 0 Å². The molecule has 2 aromatic carbocycles. The van der Waals surface area contributed by atoms with Gasteiger partial charge in [-0.15, -0.1) is 0 Å². The summed E-state index contributed by atoms with van der Waals surface area (Å²) < 4.78 is 0. The maximum absolute atomic E-state index is 10.9. The number of piperazine rings is 1. The second-order valence-corrected chi connectivity index (χ2v) is 6.71. The van der Waals surface area contributed by atoms with Gasteiger partial charge in [-0.05, 0) is 19.4 Å². The van der Waals surface area contributed by atoms with Crippen molar-refractivity contribution in [1.82, 2.24) is 9.91 Å². The first kappa shape index (κ1) is 18.1. The van der Waals surface area contributed by atoms with Crippen molar-refractivity contribution in [2.24, 2.45) is 5.10 Å². The molecule has 6 heteroatoms. The van der Waals surface area contributed by atoms with Crippen LogP contribution in [0.25, 0.3) is 0 Å². The number of nitro groups is 1. The summed E-state index contributed by atoms with van der Waals surface area (Å²) in [6.07, 6.45) is 0. The molecule has 1 saturated heterocycles. The molecule has 0 spiro atoms. The lowest BCUT2D eigenvalue weighted by Gasteiger charge is -2.33. The van der Waals surface area contributed by atoms with E-state index in [0.29, 0.717) is 0 Å². The van der Waals surface area contributed by atoms with E-state index in [1.807, 2.05) is 13.0 Å². The fourth-order valence-corrected chi connectivity index (χ4v) is 3.06. The van der Waals surface area contributed by atoms with E-state index in [4.69, 9.17) is 0 Å². The molecule has 0 N–H and O–H groups in total. The van der Waals surface area contributed by atoms with Crippen LogP contribution in [0.15, 0.2) is 53.6 Å². The van der Waals surface area contributed by atoms with Gasteiger partial charge >= 0.3 is 0 Å². The molecule has 0 radical (unpaired) electrons. The minimum Gasteiger partial charge on any atom is -0.295 e. The van der Waals surface area contributed by atoms with Gasteiger partial charge in [0.25, 0.3) is 5.69 Å². The first-order chi connectivity index (χ1) is 12.5. The first-order valence-electron chi connectivity index (χ1n) is 8.84. The highest BCUT2D eigenvalue weighted by molar-refractivity contribution is 5.99. The molecule has 0 saturated carbocycles. The van der Waals surface area contributed by atoms with E-state index in [2.05, 4.69) is 46.2 Å². The van der Waals surface area contributed by atoms with Gasteiger partial charge in [0.2, 0.25) is 0 Å². The van der Waals surface area contributed by atoms with Crippen LogP contribution in [0, 0.1) is 17.0 Å². The van der Waals surface area contributed by atoms with E-state index in [-0.39, 0.29) is 10.6 Å². The van der Waals surface area contributed by atoms with Gasteiger partial charge in [0, 0.05) is 50.4 Å². The second-order valence-electron chi connectivity index (χ2n) is 6.71. The van der Waals surface area contributed by atoms with Crippen molar-refractivity contribution in [3.63, 3.8) is 0 Å². The van der Waals surface area contributed by atoms with Crippen molar-refractivity contribution in [1.29, 1.82) is 0 Å². The van der Waals surface area contributed by atoms with Crippen molar-refractivity contribution >= 4 is 11.4 Å². The van der Waals surface area contributed by atoms with Gasteiger partial charge in [0.1, 0.15) is 0 Å². The van der Waals surface area contributed by atoms with Crippen LogP contribution in [0.2, 0.25) is 0 Å². The lowest BCUT2D eigenvalue weighted by atomic mass is 10.1. The van der Waals surface area contributed by atoms with Crippen molar-refractivity contribution in [2.75, 3.05) is 26.2 Å². The maximum Gasteiger partial charge on any atom is 0.270 e. The maximum atomic E-state index is 10.9. The molecule has 0 unspecified atom stereocenters. The summed E-state index contributed by atoms with van der Waals surface area (Å²) in [5.74, 6) is 0. The van der Waals surface area contributed by atoms with Crippen LogP contribution in [-0.4, -0.2) is 46.7 Å². The van der Waals surface area contributed by atoms with Crippen molar-refractivity contribution in [3.05, 3.63) is 75.3 Å². The number of benzene rings is 2.